The predicted molar refractivity (Wildman–Crippen MR) is 85.4 cm³/mol. The molecule has 0 aliphatic carbocycles. The van der Waals surface area contributed by atoms with Crippen molar-refractivity contribution in [2.75, 3.05) is 29.6 Å². The molecule has 4 nitrogen and oxygen atoms in total. The summed E-state index contributed by atoms with van der Waals surface area (Å²) < 4.78 is 0. The average molecular weight is 304 g/mol. The Morgan fingerprint density at radius 2 is 2.10 bits per heavy atom. The van der Waals surface area contributed by atoms with E-state index in [-0.39, 0.29) is 17.7 Å². The van der Waals surface area contributed by atoms with Crippen molar-refractivity contribution in [2.24, 2.45) is 5.92 Å². The van der Waals surface area contributed by atoms with Gasteiger partial charge in [0.15, 0.2) is 0 Å². The maximum Gasteiger partial charge on any atom is 0.228 e. The second-order valence-electron chi connectivity index (χ2n) is 5.81. The molecule has 0 radical (unpaired) electrons. The smallest absolute Gasteiger partial charge is 0.228 e. The number of carbonyl (C=O) groups excluding carboxylic acids is 2. The maximum absolute atomic E-state index is 12.4. The molecule has 0 aromatic heterocycles. The van der Waals surface area contributed by atoms with Crippen molar-refractivity contribution in [2.45, 2.75) is 20.3 Å². The maximum atomic E-state index is 12.4. The van der Waals surface area contributed by atoms with Crippen molar-refractivity contribution in [3.05, 3.63) is 29.3 Å². The molecular weight excluding hydrogens is 284 g/mol. The Labute approximate surface area is 129 Å². The molecule has 0 bridgehead atoms. The molecule has 2 saturated heterocycles. The van der Waals surface area contributed by atoms with E-state index in [1.165, 1.54) is 11.1 Å². The van der Waals surface area contributed by atoms with E-state index in [1.807, 2.05) is 30.0 Å². The molecule has 2 heterocycles. The van der Waals surface area contributed by atoms with Crippen LogP contribution in [0.3, 0.4) is 0 Å². The van der Waals surface area contributed by atoms with Gasteiger partial charge in [0.25, 0.3) is 0 Å². The number of carbonyl (C=O) groups is 2. The molecule has 5 heteroatoms. The SMILES string of the molecule is Cc1ccc(N2CC(C(=O)N3CCSC3)CC2=O)cc1C. The molecule has 21 heavy (non-hydrogen) atoms. The van der Waals surface area contributed by atoms with Gasteiger partial charge in [-0.15, -0.1) is 11.8 Å². The first-order valence-electron chi connectivity index (χ1n) is 7.30. The van der Waals surface area contributed by atoms with Crippen LogP contribution in [0.1, 0.15) is 17.5 Å². The quantitative estimate of drug-likeness (QED) is 0.841. The predicted octanol–water partition coefficient (Wildman–Crippen LogP) is 2.19. The van der Waals surface area contributed by atoms with Crippen LogP contribution < -0.4 is 4.90 Å². The fourth-order valence-corrected chi connectivity index (χ4v) is 3.82. The first-order chi connectivity index (χ1) is 10.1. The lowest BCUT2D eigenvalue weighted by Crippen LogP contribution is -2.35. The van der Waals surface area contributed by atoms with E-state index in [9.17, 15) is 9.59 Å². The molecule has 1 atom stereocenters. The first kappa shape index (κ1) is 14.4. The fraction of sp³-hybridized carbons (Fsp3) is 0.500. The Balaban J connectivity index is 1.74. The Bertz CT molecular complexity index is 582. The average Bonchev–Trinajstić information content (AvgIpc) is 3.10. The minimum atomic E-state index is -0.183. The summed E-state index contributed by atoms with van der Waals surface area (Å²) in [6.07, 6.45) is 0.340. The number of amides is 2. The summed E-state index contributed by atoms with van der Waals surface area (Å²) in [6, 6.07) is 6.04. The van der Waals surface area contributed by atoms with Crippen molar-refractivity contribution < 1.29 is 9.59 Å². The number of hydrogen-bond donors (Lipinski definition) is 0. The van der Waals surface area contributed by atoms with E-state index < -0.39 is 0 Å². The van der Waals surface area contributed by atoms with Gasteiger partial charge in [-0.3, -0.25) is 9.59 Å². The van der Waals surface area contributed by atoms with Crippen molar-refractivity contribution >= 4 is 29.3 Å². The Kier molecular flexibility index (Phi) is 3.93. The summed E-state index contributed by atoms with van der Waals surface area (Å²) in [7, 11) is 0. The summed E-state index contributed by atoms with van der Waals surface area (Å²) in [5.74, 6) is 1.79. The number of rotatable bonds is 2. The number of nitrogens with zero attached hydrogens (tertiary/aromatic N) is 2. The second kappa shape index (κ2) is 5.72. The fourth-order valence-electron chi connectivity index (χ4n) is 2.86. The highest BCUT2D eigenvalue weighted by atomic mass is 32.2. The molecule has 2 amide bonds. The van der Waals surface area contributed by atoms with Gasteiger partial charge in [-0.2, -0.15) is 0 Å². The van der Waals surface area contributed by atoms with Crippen LogP contribution >= 0.6 is 11.8 Å². The minimum absolute atomic E-state index is 0.0588. The Morgan fingerprint density at radius 3 is 2.76 bits per heavy atom. The van der Waals surface area contributed by atoms with Crippen LogP contribution in [0.5, 0.6) is 0 Å². The van der Waals surface area contributed by atoms with E-state index in [4.69, 9.17) is 0 Å². The number of hydrogen-bond acceptors (Lipinski definition) is 3. The highest BCUT2D eigenvalue weighted by Crippen LogP contribution is 2.29. The third-order valence-corrected chi connectivity index (χ3v) is 5.31. The van der Waals surface area contributed by atoms with Gasteiger partial charge in [-0.1, -0.05) is 6.07 Å². The lowest BCUT2D eigenvalue weighted by Gasteiger charge is -2.20. The number of benzene rings is 1. The minimum Gasteiger partial charge on any atom is -0.332 e. The van der Waals surface area contributed by atoms with E-state index in [0.29, 0.717) is 13.0 Å². The zero-order valence-electron chi connectivity index (χ0n) is 12.5. The largest absolute Gasteiger partial charge is 0.332 e. The van der Waals surface area contributed by atoms with Gasteiger partial charge in [-0.25, -0.2) is 0 Å². The highest BCUT2D eigenvalue weighted by Gasteiger charge is 2.37. The van der Waals surface area contributed by atoms with Gasteiger partial charge >= 0.3 is 0 Å². The van der Waals surface area contributed by atoms with Crippen LogP contribution in [0.4, 0.5) is 5.69 Å². The van der Waals surface area contributed by atoms with E-state index in [0.717, 1.165) is 23.9 Å². The summed E-state index contributed by atoms with van der Waals surface area (Å²) >= 11 is 1.78. The van der Waals surface area contributed by atoms with Crippen LogP contribution in [0, 0.1) is 19.8 Å². The molecule has 2 aliphatic rings. The highest BCUT2D eigenvalue weighted by molar-refractivity contribution is 7.99. The van der Waals surface area contributed by atoms with Crippen LogP contribution in [0.15, 0.2) is 18.2 Å². The Hall–Kier alpha value is -1.49. The van der Waals surface area contributed by atoms with E-state index in [1.54, 1.807) is 16.7 Å². The van der Waals surface area contributed by atoms with E-state index >= 15 is 0 Å². The molecule has 1 aromatic rings. The van der Waals surface area contributed by atoms with E-state index in [2.05, 4.69) is 6.92 Å². The van der Waals surface area contributed by atoms with Crippen LogP contribution in [-0.4, -0.2) is 41.4 Å². The molecule has 1 aromatic carbocycles. The summed E-state index contributed by atoms with van der Waals surface area (Å²) in [4.78, 5) is 28.3. The first-order valence-corrected chi connectivity index (χ1v) is 8.46. The standard InChI is InChI=1S/C16H20N2O2S/c1-11-3-4-14(7-12(11)2)18-9-13(8-15(18)19)16(20)17-5-6-21-10-17/h3-4,7,13H,5-6,8-10H2,1-2H3. The zero-order valence-corrected chi connectivity index (χ0v) is 13.3. The Morgan fingerprint density at radius 1 is 1.29 bits per heavy atom. The molecule has 2 aliphatic heterocycles. The van der Waals surface area contributed by atoms with Gasteiger partial charge in [-0.05, 0) is 37.1 Å². The third kappa shape index (κ3) is 2.79. The van der Waals surface area contributed by atoms with Crippen molar-refractivity contribution in [3.8, 4) is 0 Å². The lowest BCUT2D eigenvalue weighted by atomic mass is 10.1. The number of thioether (sulfide) groups is 1. The lowest BCUT2D eigenvalue weighted by molar-refractivity contribution is -0.134. The summed E-state index contributed by atoms with van der Waals surface area (Å²) in [5, 5.41) is 0. The van der Waals surface area contributed by atoms with Crippen molar-refractivity contribution in [3.63, 3.8) is 0 Å². The molecule has 3 rings (SSSR count). The van der Waals surface area contributed by atoms with Gasteiger partial charge in [0.1, 0.15) is 0 Å². The molecular formula is C16H20N2O2S. The van der Waals surface area contributed by atoms with Crippen molar-refractivity contribution in [1.82, 2.24) is 4.90 Å². The molecule has 1 unspecified atom stereocenters. The molecule has 0 N–H and O–H groups in total. The van der Waals surface area contributed by atoms with Crippen LogP contribution in [0.2, 0.25) is 0 Å². The van der Waals surface area contributed by atoms with Crippen LogP contribution in [-0.2, 0) is 9.59 Å². The zero-order chi connectivity index (χ0) is 15.0. The van der Waals surface area contributed by atoms with Crippen LogP contribution in [0.25, 0.3) is 0 Å². The molecule has 0 saturated carbocycles. The summed E-state index contributed by atoms with van der Waals surface area (Å²) in [6.45, 7) is 5.44. The summed E-state index contributed by atoms with van der Waals surface area (Å²) in [5.41, 5.74) is 3.30. The molecule has 0 spiro atoms. The van der Waals surface area contributed by atoms with Crippen molar-refractivity contribution in [1.29, 1.82) is 0 Å². The normalized spacial score (nSPS) is 22.2. The third-order valence-electron chi connectivity index (χ3n) is 4.34. The topological polar surface area (TPSA) is 40.6 Å². The van der Waals surface area contributed by atoms with Gasteiger partial charge in [0, 0.05) is 31.0 Å². The molecule has 112 valence electrons. The number of anilines is 1. The van der Waals surface area contributed by atoms with Gasteiger partial charge in [0.05, 0.1) is 11.8 Å². The number of aryl methyl sites for hydroxylation is 2. The second-order valence-corrected chi connectivity index (χ2v) is 6.89. The van der Waals surface area contributed by atoms with Gasteiger partial charge < -0.3 is 9.80 Å². The monoisotopic (exact) mass is 304 g/mol. The van der Waals surface area contributed by atoms with Gasteiger partial charge in [0.2, 0.25) is 11.8 Å². The molecule has 2 fully saturated rings.